The molecule has 0 amide bonds. The number of fused-ring (bicyclic) bond motifs is 2. The standard InChI is InChI=1S/C17H20N2O/c20-17(8-11-19-10-2-1-6-16(17)19)15-5-3-4-13-12-18-9-7-14(13)15/h3-5,7,9,12,16,20H,1-2,6,8,10-11H2. The summed E-state index contributed by atoms with van der Waals surface area (Å²) in [6.45, 7) is 2.15. The average molecular weight is 268 g/mol. The Morgan fingerprint density at radius 1 is 1.20 bits per heavy atom. The molecule has 0 radical (unpaired) electrons. The fourth-order valence-corrected chi connectivity index (χ4v) is 4.09. The van der Waals surface area contributed by atoms with E-state index in [4.69, 9.17) is 0 Å². The van der Waals surface area contributed by atoms with Gasteiger partial charge in [-0.25, -0.2) is 0 Å². The molecule has 2 unspecified atom stereocenters. The molecule has 2 aliphatic heterocycles. The van der Waals surface area contributed by atoms with Gasteiger partial charge in [-0.2, -0.15) is 0 Å². The van der Waals surface area contributed by atoms with Crippen LogP contribution in [-0.2, 0) is 5.60 Å². The van der Waals surface area contributed by atoms with Crippen molar-refractivity contribution in [3.8, 4) is 0 Å². The van der Waals surface area contributed by atoms with E-state index in [1.54, 1.807) is 0 Å². The lowest BCUT2D eigenvalue weighted by molar-refractivity contribution is -0.0126. The number of hydrogen-bond acceptors (Lipinski definition) is 3. The van der Waals surface area contributed by atoms with E-state index in [2.05, 4.69) is 22.0 Å². The smallest absolute Gasteiger partial charge is 0.107 e. The molecule has 0 aliphatic carbocycles. The van der Waals surface area contributed by atoms with Crippen LogP contribution in [0.25, 0.3) is 10.8 Å². The Hall–Kier alpha value is -1.45. The molecular weight excluding hydrogens is 248 g/mol. The molecule has 2 atom stereocenters. The fourth-order valence-electron chi connectivity index (χ4n) is 4.09. The van der Waals surface area contributed by atoms with Crippen molar-refractivity contribution in [3.05, 3.63) is 42.2 Å². The van der Waals surface area contributed by atoms with Crippen LogP contribution in [0.2, 0.25) is 0 Å². The summed E-state index contributed by atoms with van der Waals surface area (Å²) in [7, 11) is 0. The number of aromatic nitrogens is 1. The van der Waals surface area contributed by atoms with E-state index in [0.29, 0.717) is 0 Å². The molecule has 3 heteroatoms. The largest absolute Gasteiger partial charge is 0.383 e. The molecule has 20 heavy (non-hydrogen) atoms. The number of benzene rings is 1. The first-order valence-corrected chi connectivity index (χ1v) is 7.59. The number of nitrogens with zero attached hydrogens (tertiary/aromatic N) is 2. The molecule has 0 bridgehead atoms. The lowest BCUT2D eigenvalue weighted by Gasteiger charge is -2.38. The molecule has 104 valence electrons. The van der Waals surface area contributed by atoms with Crippen LogP contribution in [0.5, 0.6) is 0 Å². The van der Waals surface area contributed by atoms with Crippen molar-refractivity contribution in [2.75, 3.05) is 13.1 Å². The van der Waals surface area contributed by atoms with Gasteiger partial charge in [0.2, 0.25) is 0 Å². The van der Waals surface area contributed by atoms with Gasteiger partial charge >= 0.3 is 0 Å². The summed E-state index contributed by atoms with van der Waals surface area (Å²) in [5, 5.41) is 13.7. The molecule has 2 aromatic rings. The van der Waals surface area contributed by atoms with Crippen molar-refractivity contribution in [1.82, 2.24) is 9.88 Å². The normalized spacial score (nSPS) is 30.6. The van der Waals surface area contributed by atoms with Gasteiger partial charge in [0, 0.05) is 30.4 Å². The second-order valence-corrected chi connectivity index (χ2v) is 6.12. The first-order chi connectivity index (χ1) is 9.79. The molecule has 1 aromatic carbocycles. The highest BCUT2D eigenvalue weighted by molar-refractivity contribution is 5.85. The summed E-state index contributed by atoms with van der Waals surface area (Å²) in [6.07, 6.45) is 8.16. The summed E-state index contributed by atoms with van der Waals surface area (Å²) >= 11 is 0. The van der Waals surface area contributed by atoms with Gasteiger partial charge in [-0.1, -0.05) is 24.6 Å². The number of rotatable bonds is 1. The number of hydrogen-bond donors (Lipinski definition) is 1. The molecule has 0 spiro atoms. The zero-order chi connectivity index (χ0) is 13.6. The predicted octanol–water partition coefficient (Wildman–Crippen LogP) is 2.68. The van der Waals surface area contributed by atoms with Gasteiger partial charge in [0.1, 0.15) is 5.60 Å². The molecule has 0 saturated carbocycles. The van der Waals surface area contributed by atoms with Crippen molar-refractivity contribution in [3.63, 3.8) is 0 Å². The Morgan fingerprint density at radius 3 is 3.10 bits per heavy atom. The molecular formula is C17H20N2O. The third kappa shape index (κ3) is 1.70. The van der Waals surface area contributed by atoms with Crippen LogP contribution in [0.1, 0.15) is 31.2 Å². The van der Waals surface area contributed by atoms with Gasteiger partial charge in [0.05, 0.1) is 0 Å². The molecule has 2 aliphatic rings. The minimum Gasteiger partial charge on any atom is -0.383 e. The minimum atomic E-state index is -0.693. The molecule has 3 heterocycles. The summed E-state index contributed by atoms with van der Waals surface area (Å²) in [5.74, 6) is 0. The van der Waals surface area contributed by atoms with Crippen molar-refractivity contribution in [2.24, 2.45) is 0 Å². The predicted molar refractivity (Wildman–Crippen MR) is 79.5 cm³/mol. The quantitative estimate of drug-likeness (QED) is 0.864. The second kappa shape index (κ2) is 4.54. The van der Waals surface area contributed by atoms with Crippen LogP contribution in [-0.4, -0.2) is 34.1 Å². The Balaban J connectivity index is 1.86. The van der Waals surface area contributed by atoms with Crippen LogP contribution >= 0.6 is 0 Å². The summed E-state index contributed by atoms with van der Waals surface area (Å²) in [4.78, 5) is 6.67. The number of piperidine rings is 1. The van der Waals surface area contributed by atoms with E-state index in [1.165, 1.54) is 12.8 Å². The van der Waals surface area contributed by atoms with Gasteiger partial charge in [-0.15, -0.1) is 0 Å². The third-order valence-corrected chi connectivity index (χ3v) is 5.09. The lowest BCUT2D eigenvalue weighted by atomic mass is 9.81. The second-order valence-electron chi connectivity index (χ2n) is 6.12. The van der Waals surface area contributed by atoms with E-state index in [9.17, 15) is 5.11 Å². The minimum absolute atomic E-state index is 0.287. The van der Waals surface area contributed by atoms with Crippen LogP contribution in [0.15, 0.2) is 36.7 Å². The van der Waals surface area contributed by atoms with E-state index in [0.717, 1.165) is 42.3 Å². The fraction of sp³-hybridized carbons (Fsp3) is 0.471. The van der Waals surface area contributed by atoms with Gasteiger partial charge in [-0.05, 0) is 42.8 Å². The maximum Gasteiger partial charge on any atom is 0.107 e. The zero-order valence-electron chi connectivity index (χ0n) is 11.6. The van der Waals surface area contributed by atoms with Crippen LogP contribution in [0, 0.1) is 0 Å². The van der Waals surface area contributed by atoms with Gasteiger partial charge < -0.3 is 5.11 Å². The van der Waals surface area contributed by atoms with E-state index in [1.807, 2.05) is 24.5 Å². The van der Waals surface area contributed by atoms with Crippen LogP contribution < -0.4 is 0 Å². The average Bonchev–Trinajstić information content (AvgIpc) is 2.86. The van der Waals surface area contributed by atoms with Gasteiger partial charge in [0.15, 0.2) is 0 Å². The van der Waals surface area contributed by atoms with E-state index >= 15 is 0 Å². The SMILES string of the molecule is OC1(c2cccc3cnccc23)CCN2CCCCC21. The van der Waals surface area contributed by atoms with Crippen LogP contribution in [0.4, 0.5) is 0 Å². The van der Waals surface area contributed by atoms with Gasteiger partial charge in [-0.3, -0.25) is 9.88 Å². The van der Waals surface area contributed by atoms with Crippen molar-refractivity contribution < 1.29 is 5.11 Å². The first-order valence-electron chi connectivity index (χ1n) is 7.59. The number of pyridine rings is 1. The first kappa shape index (κ1) is 12.3. The Bertz CT molecular complexity index is 636. The highest BCUT2D eigenvalue weighted by Gasteiger charge is 2.48. The van der Waals surface area contributed by atoms with E-state index in [-0.39, 0.29) is 6.04 Å². The highest BCUT2D eigenvalue weighted by Crippen LogP contribution is 2.44. The van der Waals surface area contributed by atoms with Crippen molar-refractivity contribution in [1.29, 1.82) is 0 Å². The molecule has 1 aromatic heterocycles. The number of aliphatic hydroxyl groups is 1. The maximum atomic E-state index is 11.4. The Labute approximate surface area is 119 Å². The molecule has 4 rings (SSSR count). The highest BCUT2D eigenvalue weighted by atomic mass is 16.3. The topological polar surface area (TPSA) is 36.4 Å². The lowest BCUT2D eigenvalue weighted by Crippen LogP contribution is -2.45. The molecule has 2 fully saturated rings. The molecule has 2 saturated heterocycles. The van der Waals surface area contributed by atoms with Crippen molar-refractivity contribution >= 4 is 10.8 Å². The molecule has 1 N–H and O–H groups in total. The van der Waals surface area contributed by atoms with Crippen LogP contribution in [0.3, 0.4) is 0 Å². The zero-order valence-corrected chi connectivity index (χ0v) is 11.6. The Morgan fingerprint density at radius 2 is 2.15 bits per heavy atom. The third-order valence-electron chi connectivity index (χ3n) is 5.09. The molecule has 3 nitrogen and oxygen atoms in total. The van der Waals surface area contributed by atoms with E-state index < -0.39 is 5.60 Å². The van der Waals surface area contributed by atoms with Gasteiger partial charge in [0.25, 0.3) is 0 Å². The summed E-state index contributed by atoms with van der Waals surface area (Å²) in [5.41, 5.74) is 0.396. The maximum absolute atomic E-state index is 11.4. The summed E-state index contributed by atoms with van der Waals surface area (Å²) < 4.78 is 0. The Kier molecular flexibility index (Phi) is 2.79. The monoisotopic (exact) mass is 268 g/mol. The van der Waals surface area contributed by atoms with Crippen molar-refractivity contribution in [2.45, 2.75) is 37.3 Å². The summed E-state index contributed by atoms with van der Waals surface area (Å²) in [6, 6.07) is 8.54.